The van der Waals surface area contributed by atoms with Gasteiger partial charge in [-0.3, -0.25) is 0 Å². The highest BCUT2D eigenvalue weighted by atomic mass is 16.3. The molecule has 0 saturated heterocycles. The van der Waals surface area contributed by atoms with Crippen LogP contribution in [0.3, 0.4) is 0 Å². The van der Waals surface area contributed by atoms with Crippen LogP contribution in [0.1, 0.15) is 11.1 Å². The van der Waals surface area contributed by atoms with Gasteiger partial charge >= 0.3 is 0 Å². The van der Waals surface area contributed by atoms with E-state index in [9.17, 15) is 0 Å². The van der Waals surface area contributed by atoms with Crippen molar-refractivity contribution in [3.8, 4) is 11.3 Å². The minimum Gasteiger partial charge on any atom is -0.449 e. The molecule has 0 spiro atoms. The van der Waals surface area contributed by atoms with Gasteiger partial charge in [0.25, 0.3) is 5.52 Å². The fourth-order valence-electron chi connectivity index (χ4n) is 3.71. The van der Waals surface area contributed by atoms with E-state index in [1.165, 1.54) is 33.3 Å². The summed E-state index contributed by atoms with van der Waals surface area (Å²) in [5.41, 5.74) is 8.52. The van der Waals surface area contributed by atoms with Crippen LogP contribution in [0.2, 0.25) is 0 Å². The second-order valence-electron chi connectivity index (χ2n) is 6.05. The van der Waals surface area contributed by atoms with Crippen LogP contribution in [-0.2, 0) is 13.0 Å². The summed E-state index contributed by atoms with van der Waals surface area (Å²) in [5.74, 6) is 0. The smallest absolute Gasteiger partial charge is 0.260 e. The van der Waals surface area contributed by atoms with Crippen molar-refractivity contribution in [2.75, 3.05) is 0 Å². The molecule has 3 heterocycles. The van der Waals surface area contributed by atoms with Gasteiger partial charge in [0, 0.05) is 23.6 Å². The van der Waals surface area contributed by atoms with Gasteiger partial charge in [0.1, 0.15) is 5.58 Å². The van der Waals surface area contributed by atoms with Gasteiger partial charge in [-0.25, -0.2) is 0 Å². The zero-order valence-electron chi connectivity index (χ0n) is 12.5. The Bertz CT molecular complexity index is 1040. The highest BCUT2D eigenvalue weighted by Gasteiger charge is 2.29. The minimum absolute atomic E-state index is 0.973. The molecule has 0 aliphatic carbocycles. The van der Waals surface area contributed by atoms with Gasteiger partial charge in [-0.15, -0.1) is 0 Å². The Kier molecular flexibility index (Phi) is 2.29. The molecule has 0 fully saturated rings. The number of fused-ring (bicyclic) bond motifs is 7. The molecule has 5 rings (SSSR count). The van der Waals surface area contributed by atoms with Crippen LogP contribution in [0.5, 0.6) is 0 Å². The Morgan fingerprint density at radius 2 is 1.82 bits per heavy atom. The maximum Gasteiger partial charge on any atom is 0.260 e. The molecular formula is C20H16NO+. The molecule has 2 nitrogen and oxygen atoms in total. The van der Waals surface area contributed by atoms with E-state index in [2.05, 4.69) is 60.0 Å². The number of hydrogen-bond acceptors (Lipinski definition) is 1. The van der Waals surface area contributed by atoms with Gasteiger partial charge in [0.2, 0.25) is 11.3 Å². The van der Waals surface area contributed by atoms with E-state index in [4.69, 9.17) is 4.42 Å². The average molecular weight is 286 g/mol. The highest BCUT2D eigenvalue weighted by molar-refractivity contribution is 6.01. The Hall–Kier alpha value is -2.61. The predicted octanol–water partition coefficient (Wildman–Crippen LogP) is 4.41. The first-order valence-electron chi connectivity index (χ1n) is 7.76. The number of para-hydroxylation sites is 1. The van der Waals surface area contributed by atoms with Crippen LogP contribution in [0.25, 0.3) is 33.3 Å². The third kappa shape index (κ3) is 1.47. The third-order valence-corrected chi connectivity index (χ3v) is 4.74. The Balaban J connectivity index is 1.98. The average Bonchev–Trinajstić information content (AvgIpc) is 2.95. The predicted molar refractivity (Wildman–Crippen MR) is 87.8 cm³/mol. The van der Waals surface area contributed by atoms with Crippen molar-refractivity contribution in [1.82, 2.24) is 0 Å². The van der Waals surface area contributed by atoms with Gasteiger partial charge in [-0.05, 0) is 30.7 Å². The van der Waals surface area contributed by atoms with Crippen molar-refractivity contribution < 1.29 is 8.98 Å². The van der Waals surface area contributed by atoms with E-state index in [-0.39, 0.29) is 0 Å². The topological polar surface area (TPSA) is 17.0 Å². The second kappa shape index (κ2) is 4.20. The first-order chi connectivity index (χ1) is 10.8. The maximum atomic E-state index is 6.12. The van der Waals surface area contributed by atoms with Crippen molar-refractivity contribution in [1.29, 1.82) is 0 Å². The summed E-state index contributed by atoms with van der Waals surface area (Å²) in [7, 11) is 0. The first kappa shape index (κ1) is 12.0. The molecule has 4 aromatic rings. The fourth-order valence-corrected chi connectivity index (χ4v) is 3.71. The van der Waals surface area contributed by atoms with Crippen LogP contribution in [-0.4, -0.2) is 0 Å². The molecule has 1 aliphatic heterocycles. The normalized spacial score (nSPS) is 13.3. The van der Waals surface area contributed by atoms with Crippen molar-refractivity contribution in [3.63, 3.8) is 0 Å². The van der Waals surface area contributed by atoms with E-state index >= 15 is 0 Å². The first-order valence-corrected chi connectivity index (χ1v) is 7.76. The minimum atomic E-state index is 0.973. The summed E-state index contributed by atoms with van der Waals surface area (Å²) in [6.45, 7) is 3.15. The van der Waals surface area contributed by atoms with E-state index in [0.717, 1.165) is 24.1 Å². The lowest BCUT2D eigenvalue weighted by Crippen LogP contribution is -2.41. The molecule has 2 aromatic carbocycles. The quantitative estimate of drug-likeness (QED) is 0.438. The number of furan rings is 1. The molecule has 0 amide bonds. The van der Waals surface area contributed by atoms with Gasteiger partial charge in [-0.1, -0.05) is 30.3 Å². The zero-order chi connectivity index (χ0) is 14.7. The lowest BCUT2D eigenvalue weighted by atomic mass is 9.96. The molecular weight excluding hydrogens is 270 g/mol. The molecule has 0 N–H and O–H groups in total. The number of hydrogen-bond donors (Lipinski definition) is 0. The van der Waals surface area contributed by atoms with Crippen molar-refractivity contribution in [2.24, 2.45) is 0 Å². The summed E-state index contributed by atoms with van der Waals surface area (Å²) < 4.78 is 8.54. The maximum absolute atomic E-state index is 6.12. The van der Waals surface area contributed by atoms with Crippen molar-refractivity contribution >= 4 is 22.1 Å². The third-order valence-electron chi connectivity index (χ3n) is 4.74. The van der Waals surface area contributed by atoms with Gasteiger partial charge < -0.3 is 4.42 Å². The SMILES string of the molecule is Cc1cc2[n+](c3c1oc1ccccc13)CCc1ccccc1-2. The molecule has 0 radical (unpaired) electrons. The van der Waals surface area contributed by atoms with E-state index < -0.39 is 0 Å². The van der Waals surface area contributed by atoms with Crippen LogP contribution >= 0.6 is 0 Å². The number of pyridine rings is 1. The van der Waals surface area contributed by atoms with Gasteiger partial charge in [0.05, 0.1) is 5.39 Å². The standard InChI is InChI=1S/C20H16NO/c1-13-12-17-15-7-3-2-6-14(15)10-11-21(17)19-16-8-4-5-9-18(16)22-20(13)19/h2-9,12H,10-11H2,1H3/q+1. The number of aromatic nitrogens is 1. The van der Waals surface area contributed by atoms with Gasteiger partial charge in [-0.2, -0.15) is 4.57 Å². The summed E-state index contributed by atoms with van der Waals surface area (Å²) in [4.78, 5) is 0. The summed E-state index contributed by atoms with van der Waals surface area (Å²) in [5, 5.41) is 1.21. The Morgan fingerprint density at radius 1 is 1.00 bits per heavy atom. The largest absolute Gasteiger partial charge is 0.449 e. The number of rotatable bonds is 0. The molecule has 0 atom stereocenters. The Labute approximate surface area is 128 Å². The summed E-state index contributed by atoms with van der Waals surface area (Å²) >= 11 is 0. The van der Waals surface area contributed by atoms with Crippen LogP contribution < -0.4 is 4.57 Å². The van der Waals surface area contributed by atoms with Crippen molar-refractivity contribution in [2.45, 2.75) is 19.9 Å². The summed E-state index contributed by atoms with van der Waals surface area (Å²) in [6, 6.07) is 19.3. The van der Waals surface area contributed by atoms with Crippen LogP contribution in [0.15, 0.2) is 59.0 Å². The number of benzene rings is 2. The molecule has 1 aliphatic rings. The molecule has 22 heavy (non-hydrogen) atoms. The Morgan fingerprint density at radius 3 is 2.77 bits per heavy atom. The van der Waals surface area contributed by atoms with Gasteiger partial charge in [0.15, 0.2) is 6.54 Å². The van der Waals surface area contributed by atoms with E-state index in [1.807, 2.05) is 6.07 Å². The van der Waals surface area contributed by atoms with Crippen molar-refractivity contribution in [3.05, 3.63) is 65.7 Å². The monoisotopic (exact) mass is 286 g/mol. The molecule has 106 valence electrons. The van der Waals surface area contributed by atoms with Crippen LogP contribution in [0.4, 0.5) is 0 Å². The second-order valence-corrected chi connectivity index (χ2v) is 6.05. The zero-order valence-corrected chi connectivity index (χ0v) is 12.5. The number of aryl methyl sites for hydroxylation is 3. The molecule has 0 unspecified atom stereocenters. The highest BCUT2D eigenvalue weighted by Crippen LogP contribution is 2.33. The molecule has 0 bridgehead atoms. The van der Waals surface area contributed by atoms with E-state index in [0.29, 0.717) is 0 Å². The lowest BCUT2D eigenvalue weighted by molar-refractivity contribution is -0.661. The lowest BCUT2D eigenvalue weighted by Gasteiger charge is -2.15. The van der Waals surface area contributed by atoms with Crippen LogP contribution in [0, 0.1) is 6.92 Å². The molecule has 2 heteroatoms. The molecule has 0 saturated carbocycles. The van der Waals surface area contributed by atoms with E-state index in [1.54, 1.807) is 0 Å². The summed E-state index contributed by atoms with van der Waals surface area (Å²) in [6.07, 6.45) is 1.07. The molecule has 2 aromatic heterocycles. The fraction of sp³-hybridized carbons (Fsp3) is 0.150. The number of nitrogens with zero attached hydrogens (tertiary/aromatic N) is 1.